The quantitative estimate of drug-likeness (QED) is 0.230. The molecular weight excluding hydrogens is 561 g/mol. The zero-order valence-corrected chi connectivity index (χ0v) is 23.6. The molecule has 0 spiro atoms. The largest absolute Gasteiger partial charge is 0.496 e. The number of carboxylic acids is 2. The van der Waals surface area contributed by atoms with E-state index < -0.39 is 23.9 Å². The Morgan fingerprint density at radius 2 is 1.57 bits per heavy atom. The van der Waals surface area contributed by atoms with Gasteiger partial charge in [-0.25, -0.2) is 9.59 Å². The van der Waals surface area contributed by atoms with Crippen LogP contribution in [-0.2, 0) is 27.3 Å². The van der Waals surface area contributed by atoms with Gasteiger partial charge in [0.1, 0.15) is 11.8 Å². The predicted molar refractivity (Wildman–Crippen MR) is 151 cm³/mol. The van der Waals surface area contributed by atoms with E-state index in [0.29, 0.717) is 31.1 Å². The molecule has 0 aromatic heterocycles. The third-order valence-corrected chi connectivity index (χ3v) is 6.68. The van der Waals surface area contributed by atoms with Crippen molar-refractivity contribution in [3.63, 3.8) is 0 Å². The highest BCUT2D eigenvalue weighted by molar-refractivity contribution is 6.40. The van der Waals surface area contributed by atoms with E-state index in [1.807, 2.05) is 31.2 Å². The Kier molecular flexibility index (Phi) is 10.9. The number of aromatic carboxylic acids is 1. The summed E-state index contributed by atoms with van der Waals surface area (Å²) in [4.78, 5) is 36.0. The first-order valence-corrected chi connectivity index (χ1v) is 12.9. The van der Waals surface area contributed by atoms with Crippen molar-refractivity contribution in [2.75, 3.05) is 27.4 Å². The average Bonchev–Trinajstić information content (AvgIpc) is 2.90. The number of carbonyl (C=O) groups excluding carboxylic acids is 1. The Labute approximate surface area is 241 Å². The van der Waals surface area contributed by atoms with E-state index >= 15 is 0 Å². The molecule has 0 aliphatic carbocycles. The van der Waals surface area contributed by atoms with Gasteiger partial charge < -0.3 is 29.7 Å². The molecule has 1 atom stereocenters. The second-order valence-electron chi connectivity index (χ2n) is 8.92. The fourth-order valence-electron chi connectivity index (χ4n) is 4.16. The molecular formula is C29H29Cl2NO8. The second-order valence-corrected chi connectivity index (χ2v) is 9.74. The first kappa shape index (κ1) is 30.9. The maximum atomic E-state index is 12.8. The lowest BCUT2D eigenvalue weighted by atomic mass is 9.95. The third-order valence-electron chi connectivity index (χ3n) is 6.08. The normalized spacial score (nSPS) is 11.6. The number of ether oxygens (including phenoxy) is 3. The van der Waals surface area contributed by atoms with Gasteiger partial charge in [0.25, 0.3) is 5.91 Å². The number of hydrogen-bond donors (Lipinski definition) is 3. The number of aryl methyl sites for hydroxylation is 1. The maximum absolute atomic E-state index is 12.8. The highest BCUT2D eigenvalue weighted by atomic mass is 35.5. The minimum absolute atomic E-state index is 0.0162. The van der Waals surface area contributed by atoms with Crippen molar-refractivity contribution in [3.8, 4) is 16.9 Å². The third kappa shape index (κ3) is 7.73. The highest BCUT2D eigenvalue weighted by Crippen LogP contribution is 2.35. The molecule has 212 valence electrons. The van der Waals surface area contributed by atoms with Crippen molar-refractivity contribution in [2.45, 2.75) is 26.0 Å². The van der Waals surface area contributed by atoms with Gasteiger partial charge in [-0.1, -0.05) is 53.5 Å². The Morgan fingerprint density at radius 3 is 2.12 bits per heavy atom. The van der Waals surface area contributed by atoms with Crippen molar-refractivity contribution in [1.29, 1.82) is 0 Å². The number of carbonyl (C=O) groups is 3. The molecule has 0 fully saturated rings. The summed E-state index contributed by atoms with van der Waals surface area (Å²) in [6, 6.07) is 12.1. The van der Waals surface area contributed by atoms with E-state index in [1.165, 1.54) is 0 Å². The molecule has 0 saturated carbocycles. The Morgan fingerprint density at radius 1 is 0.925 bits per heavy atom. The molecule has 0 radical (unpaired) electrons. The highest BCUT2D eigenvalue weighted by Gasteiger charge is 2.25. The van der Waals surface area contributed by atoms with Gasteiger partial charge >= 0.3 is 11.9 Å². The molecule has 11 heteroatoms. The van der Waals surface area contributed by atoms with Crippen LogP contribution in [0.15, 0.2) is 48.5 Å². The van der Waals surface area contributed by atoms with Gasteiger partial charge in [0.05, 0.1) is 48.1 Å². The minimum atomic E-state index is -1.29. The van der Waals surface area contributed by atoms with E-state index in [9.17, 15) is 19.5 Å². The van der Waals surface area contributed by atoms with E-state index in [1.54, 1.807) is 26.4 Å². The van der Waals surface area contributed by atoms with Crippen LogP contribution < -0.4 is 10.1 Å². The smallest absolute Gasteiger partial charge is 0.335 e. The Balaban J connectivity index is 1.77. The number of hydrogen-bond acceptors (Lipinski definition) is 6. The summed E-state index contributed by atoms with van der Waals surface area (Å²) in [5.74, 6) is -2.68. The molecule has 0 heterocycles. The first-order valence-electron chi connectivity index (χ1n) is 12.1. The van der Waals surface area contributed by atoms with Crippen LogP contribution in [0.1, 0.15) is 37.4 Å². The molecule has 1 amide bonds. The second kappa shape index (κ2) is 14.1. The number of aliphatic carboxylic acids is 1. The number of carboxylic acid groups (broad SMARTS) is 2. The molecule has 0 saturated heterocycles. The van der Waals surface area contributed by atoms with Gasteiger partial charge in [0.15, 0.2) is 0 Å². The van der Waals surface area contributed by atoms with Gasteiger partial charge in [-0.15, -0.1) is 0 Å². The van der Waals surface area contributed by atoms with Crippen molar-refractivity contribution in [3.05, 3.63) is 86.4 Å². The lowest BCUT2D eigenvalue weighted by Gasteiger charge is -2.17. The molecule has 3 rings (SSSR count). The maximum Gasteiger partial charge on any atom is 0.335 e. The van der Waals surface area contributed by atoms with Gasteiger partial charge in [0, 0.05) is 19.1 Å². The minimum Gasteiger partial charge on any atom is -0.496 e. The number of nitrogens with one attached hydrogen (secondary N) is 1. The zero-order valence-electron chi connectivity index (χ0n) is 22.1. The lowest BCUT2D eigenvalue weighted by Crippen LogP contribution is -2.42. The number of rotatable bonds is 13. The van der Waals surface area contributed by atoms with Crippen LogP contribution in [0.5, 0.6) is 5.75 Å². The fraction of sp³-hybridized carbons (Fsp3) is 0.276. The molecule has 0 unspecified atom stereocenters. The zero-order chi connectivity index (χ0) is 29.4. The molecule has 0 aliphatic heterocycles. The Hall–Kier alpha value is -3.63. The lowest BCUT2D eigenvalue weighted by molar-refractivity contribution is -0.139. The summed E-state index contributed by atoms with van der Waals surface area (Å²) in [5.41, 5.74) is 3.97. The van der Waals surface area contributed by atoms with Crippen molar-refractivity contribution >= 4 is 41.0 Å². The standard InChI is InChI=1S/C29H29Cl2NO8/c1-16-10-18(15-40-9-8-38-2)12-24(39-3)25(16)19-6-4-17(5-7-19)11-23(29(36)37)32-27(33)26-21(30)13-20(28(34)35)14-22(26)31/h4-7,10,12-14,23H,8-9,11,15H2,1-3H3,(H,32,33)(H,34,35)(H,36,37)/t23-/m0/s1. The SMILES string of the molecule is COCCOCc1cc(C)c(-c2ccc(C[C@H](NC(=O)c3c(Cl)cc(C(=O)O)cc3Cl)C(=O)O)cc2)c(OC)c1. The number of methoxy groups -OCH3 is 2. The van der Waals surface area contributed by atoms with Gasteiger partial charge in [-0.3, -0.25) is 4.79 Å². The fourth-order valence-corrected chi connectivity index (χ4v) is 4.82. The first-order chi connectivity index (χ1) is 19.0. The molecule has 40 heavy (non-hydrogen) atoms. The van der Waals surface area contributed by atoms with Crippen LogP contribution >= 0.6 is 23.2 Å². The van der Waals surface area contributed by atoms with Crippen LogP contribution in [0.2, 0.25) is 10.0 Å². The molecule has 9 nitrogen and oxygen atoms in total. The molecule has 3 aromatic rings. The van der Waals surface area contributed by atoms with E-state index in [-0.39, 0.29) is 27.6 Å². The van der Waals surface area contributed by atoms with Gasteiger partial charge in [-0.2, -0.15) is 0 Å². The van der Waals surface area contributed by atoms with E-state index in [0.717, 1.165) is 34.4 Å². The van der Waals surface area contributed by atoms with Crippen LogP contribution in [-0.4, -0.2) is 61.5 Å². The molecule has 3 aromatic carbocycles. The van der Waals surface area contributed by atoms with Gasteiger partial charge in [-0.05, 0) is 47.4 Å². The summed E-state index contributed by atoms with van der Waals surface area (Å²) in [6.07, 6.45) is -0.0162. The summed E-state index contributed by atoms with van der Waals surface area (Å²) >= 11 is 12.2. The summed E-state index contributed by atoms with van der Waals surface area (Å²) in [6.45, 7) is 3.38. The molecule has 0 bridgehead atoms. The van der Waals surface area contributed by atoms with Crippen LogP contribution in [0.25, 0.3) is 11.1 Å². The number of benzene rings is 3. The molecule has 0 aliphatic rings. The van der Waals surface area contributed by atoms with Crippen molar-refractivity contribution in [1.82, 2.24) is 5.32 Å². The van der Waals surface area contributed by atoms with Crippen LogP contribution in [0.3, 0.4) is 0 Å². The number of halogens is 2. The van der Waals surface area contributed by atoms with Crippen molar-refractivity contribution in [2.24, 2.45) is 0 Å². The topological polar surface area (TPSA) is 131 Å². The van der Waals surface area contributed by atoms with Crippen LogP contribution in [0.4, 0.5) is 0 Å². The summed E-state index contributed by atoms with van der Waals surface area (Å²) in [5, 5.41) is 20.9. The molecule has 3 N–H and O–H groups in total. The van der Waals surface area contributed by atoms with E-state index in [4.69, 9.17) is 42.5 Å². The summed E-state index contributed by atoms with van der Waals surface area (Å²) < 4.78 is 16.3. The monoisotopic (exact) mass is 589 g/mol. The predicted octanol–water partition coefficient (Wildman–Crippen LogP) is 5.26. The Bertz CT molecular complexity index is 1370. The van der Waals surface area contributed by atoms with Crippen LogP contribution in [0, 0.1) is 6.92 Å². The van der Waals surface area contributed by atoms with E-state index in [2.05, 4.69) is 5.32 Å². The van der Waals surface area contributed by atoms with Gasteiger partial charge in [0.2, 0.25) is 0 Å². The summed E-state index contributed by atoms with van der Waals surface area (Å²) in [7, 11) is 3.21. The van der Waals surface area contributed by atoms with Crippen molar-refractivity contribution < 1.29 is 38.8 Å². The average molecular weight is 590 g/mol. The number of amides is 1.